The van der Waals surface area contributed by atoms with E-state index in [1.54, 1.807) is 7.11 Å². The van der Waals surface area contributed by atoms with Crippen molar-refractivity contribution in [1.29, 1.82) is 0 Å². The molecule has 0 atom stereocenters. The molecule has 0 fully saturated rings. The van der Waals surface area contributed by atoms with Crippen molar-refractivity contribution in [3.8, 4) is 16.9 Å². The number of hydrogen-bond donors (Lipinski definition) is 0. The van der Waals surface area contributed by atoms with Gasteiger partial charge in [-0.1, -0.05) is 30.3 Å². The minimum absolute atomic E-state index is 0.881. The van der Waals surface area contributed by atoms with Crippen LogP contribution in [0.2, 0.25) is 0 Å². The fraction of sp³-hybridized carbons (Fsp3) is 0.0769. The summed E-state index contributed by atoms with van der Waals surface area (Å²) in [7, 11) is 1.68. The lowest BCUT2D eigenvalue weighted by Crippen LogP contribution is -1.83. The Bertz CT molecular complexity index is 407. The molecule has 2 aromatic carbocycles. The molecule has 0 aliphatic rings. The van der Waals surface area contributed by atoms with Gasteiger partial charge in [0.15, 0.2) is 0 Å². The van der Waals surface area contributed by atoms with Crippen molar-refractivity contribution in [3.63, 3.8) is 0 Å². The molecule has 0 amide bonds. The van der Waals surface area contributed by atoms with Gasteiger partial charge < -0.3 is 4.74 Å². The van der Waals surface area contributed by atoms with Crippen LogP contribution in [0.5, 0.6) is 5.75 Å². The van der Waals surface area contributed by atoms with Gasteiger partial charge >= 0.3 is 0 Å². The van der Waals surface area contributed by atoms with Crippen LogP contribution < -0.4 is 4.74 Å². The van der Waals surface area contributed by atoms with E-state index in [-0.39, 0.29) is 0 Å². The van der Waals surface area contributed by atoms with E-state index in [0.29, 0.717) is 0 Å². The third-order valence-corrected chi connectivity index (χ3v) is 2.11. The van der Waals surface area contributed by atoms with E-state index in [1.165, 1.54) is 0 Å². The second-order valence-electron chi connectivity index (χ2n) is 3.02. The highest BCUT2D eigenvalue weighted by molar-refractivity contribution is 5.64. The summed E-state index contributed by atoms with van der Waals surface area (Å²) in [4.78, 5) is 0. The molecule has 69 valence electrons. The average molecular weight is 183 g/mol. The minimum Gasteiger partial charge on any atom is -0.497 e. The van der Waals surface area contributed by atoms with Crippen LogP contribution in [0.15, 0.2) is 48.5 Å². The molecule has 0 aromatic heterocycles. The normalized spacial score (nSPS) is 9.79. The van der Waals surface area contributed by atoms with Crippen molar-refractivity contribution in [2.24, 2.45) is 0 Å². The van der Waals surface area contributed by atoms with Crippen LogP contribution in [0.3, 0.4) is 0 Å². The summed E-state index contributed by atoms with van der Waals surface area (Å²) in [6.07, 6.45) is 0. The minimum atomic E-state index is 0.881. The number of rotatable bonds is 2. The maximum absolute atomic E-state index is 5.17. The van der Waals surface area contributed by atoms with E-state index in [1.807, 2.05) is 36.4 Å². The van der Waals surface area contributed by atoms with Gasteiger partial charge in [0.1, 0.15) is 5.75 Å². The second kappa shape index (κ2) is 3.97. The van der Waals surface area contributed by atoms with E-state index in [2.05, 4.69) is 18.2 Å². The Balaban J connectivity index is 2.42. The summed E-state index contributed by atoms with van der Waals surface area (Å²) in [6, 6.07) is 19.0. The molecule has 1 nitrogen and oxygen atoms in total. The molecule has 14 heavy (non-hydrogen) atoms. The van der Waals surface area contributed by atoms with Crippen molar-refractivity contribution >= 4 is 0 Å². The van der Waals surface area contributed by atoms with Gasteiger partial charge in [0.2, 0.25) is 0 Å². The lowest BCUT2D eigenvalue weighted by atomic mass is 10.1. The number of methoxy groups -OCH3 is 1. The molecular weight excluding hydrogens is 172 g/mol. The maximum Gasteiger partial charge on any atom is 0.119 e. The summed E-state index contributed by atoms with van der Waals surface area (Å²) in [5.74, 6) is 0.881. The fourth-order valence-corrected chi connectivity index (χ4v) is 1.38. The third kappa shape index (κ3) is 1.77. The average Bonchev–Trinajstić information content (AvgIpc) is 2.30. The van der Waals surface area contributed by atoms with Gasteiger partial charge in [0.25, 0.3) is 0 Å². The Morgan fingerprint density at radius 3 is 2.64 bits per heavy atom. The Morgan fingerprint density at radius 1 is 1.07 bits per heavy atom. The van der Waals surface area contributed by atoms with Crippen LogP contribution in [0.25, 0.3) is 11.1 Å². The molecule has 0 N–H and O–H groups in total. The number of ether oxygens (including phenoxy) is 1. The molecule has 0 spiro atoms. The molecule has 2 aromatic rings. The van der Waals surface area contributed by atoms with Gasteiger partial charge in [-0.3, -0.25) is 0 Å². The summed E-state index contributed by atoms with van der Waals surface area (Å²) in [6.45, 7) is 0. The zero-order chi connectivity index (χ0) is 9.80. The van der Waals surface area contributed by atoms with Crippen molar-refractivity contribution in [2.45, 2.75) is 0 Å². The van der Waals surface area contributed by atoms with Gasteiger partial charge in [-0.05, 0) is 35.4 Å². The van der Waals surface area contributed by atoms with Gasteiger partial charge in [0, 0.05) is 0 Å². The Kier molecular flexibility index (Phi) is 2.50. The zero-order valence-electron chi connectivity index (χ0n) is 8.03. The van der Waals surface area contributed by atoms with Gasteiger partial charge in [-0.15, -0.1) is 0 Å². The monoisotopic (exact) mass is 183 g/mol. The van der Waals surface area contributed by atoms with Crippen LogP contribution in [-0.4, -0.2) is 7.11 Å². The summed E-state index contributed by atoms with van der Waals surface area (Å²) < 4.78 is 5.17. The number of hydrogen-bond acceptors (Lipinski definition) is 1. The molecule has 0 saturated carbocycles. The molecule has 0 aliphatic carbocycles. The second-order valence-corrected chi connectivity index (χ2v) is 3.02. The molecule has 0 heterocycles. The van der Waals surface area contributed by atoms with Gasteiger partial charge in [-0.2, -0.15) is 0 Å². The van der Waals surface area contributed by atoms with Crippen LogP contribution in [0.4, 0.5) is 0 Å². The molecule has 0 aliphatic heterocycles. The molecule has 0 unspecified atom stereocenters. The van der Waals surface area contributed by atoms with Crippen LogP contribution in [0, 0.1) is 6.07 Å². The largest absolute Gasteiger partial charge is 0.497 e. The molecular formula is C13H11O. The molecule has 0 saturated heterocycles. The van der Waals surface area contributed by atoms with Crippen molar-refractivity contribution < 1.29 is 4.74 Å². The summed E-state index contributed by atoms with van der Waals surface area (Å²) >= 11 is 0. The van der Waals surface area contributed by atoms with E-state index < -0.39 is 0 Å². The highest BCUT2D eigenvalue weighted by atomic mass is 16.5. The maximum atomic E-state index is 5.17. The topological polar surface area (TPSA) is 9.23 Å². The predicted molar refractivity (Wildman–Crippen MR) is 57.3 cm³/mol. The first-order valence-corrected chi connectivity index (χ1v) is 4.51. The van der Waals surface area contributed by atoms with Gasteiger partial charge in [0.05, 0.1) is 7.11 Å². The SMILES string of the molecule is COc1cccc(-c2c[c]ccc2)c1. The van der Waals surface area contributed by atoms with Crippen LogP contribution >= 0.6 is 0 Å². The van der Waals surface area contributed by atoms with Gasteiger partial charge in [-0.25, -0.2) is 0 Å². The van der Waals surface area contributed by atoms with E-state index in [4.69, 9.17) is 4.74 Å². The lowest BCUT2D eigenvalue weighted by molar-refractivity contribution is 0.415. The van der Waals surface area contributed by atoms with Crippen molar-refractivity contribution in [3.05, 3.63) is 54.6 Å². The highest BCUT2D eigenvalue weighted by Crippen LogP contribution is 2.22. The third-order valence-electron chi connectivity index (χ3n) is 2.11. The van der Waals surface area contributed by atoms with E-state index in [0.717, 1.165) is 16.9 Å². The standard InChI is InChI=1S/C13H11O/c1-14-13-9-5-8-12(10-13)11-6-3-2-4-7-11/h2-3,5-10H,1H3. The highest BCUT2D eigenvalue weighted by Gasteiger charge is 1.97. The first kappa shape index (κ1) is 8.82. The quantitative estimate of drug-likeness (QED) is 0.694. The lowest BCUT2D eigenvalue weighted by Gasteiger charge is -2.03. The van der Waals surface area contributed by atoms with E-state index >= 15 is 0 Å². The van der Waals surface area contributed by atoms with Crippen LogP contribution in [-0.2, 0) is 0 Å². The summed E-state index contributed by atoms with van der Waals surface area (Å²) in [5, 5.41) is 0. The first-order chi connectivity index (χ1) is 6.90. The predicted octanol–water partition coefficient (Wildman–Crippen LogP) is 3.16. The molecule has 0 bridgehead atoms. The van der Waals surface area contributed by atoms with Crippen molar-refractivity contribution in [1.82, 2.24) is 0 Å². The van der Waals surface area contributed by atoms with E-state index in [9.17, 15) is 0 Å². The molecule has 2 rings (SSSR count). The zero-order valence-corrected chi connectivity index (χ0v) is 8.03. The Labute approximate surface area is 84.0 Å². The smallest absolute Gasteiger partial charge is 0.119 e. The Morgan fingerprint density at radius 2 is 1.93 bits per heavy atom. The number of benzene rings is 2. The summed E-state index contributed by atoms with van der Waals surface area (Å²) in [5.41, 5.74) is 2.31. The fourth-order valence-electron chi connectivity index (χ4n) is 1.38. The molecule has 1 radical (unpaired) electrons. The molecule has 1 heteroatoms. The Hall–Kier alpha value is -1.76. The van der Waals surface area contributed by atoms with Crippen LogP contribution in [0.1, 0.15) is 0 Å². The van der Waals surface area contributed by atoms with Crippen molar-refractivity contribution in [2.75, 3.05) is 7.11 Å². The first-order valence-electron chi connectivity index (χ1n) is 4.51.